The quantitative estimate of drug-likeness (QED) is 0.690. The van der Waals surface area contributed by atoms with Crippen LogP contribution in [0, 0.1) is 0 Å². The van der Waals surface area contributed by atoms with E-state index in [9.17, 15) is 4.79 Å². The standard InChI is InChI=1S/C14H29N3O2/c1-4-7-16-9-11-17(12-10-16)8-5-6-14(2,15)13(18)19-3/h4-12,15H2,1-3H3. The molecule has 1 heterocycles. The summed E-state index contributed by atoms with van der Waals surface area (Å²) in [6, 6.07) is 0. The van der Waals surface area contributed by atoms with Gasteiger partial charge in [0.15, 0.2) is 0 Å². The predicted molar refractivity (Wildman–Crippen MR) is 77.0 cm³/mol. The van der Waals surface area contributed by atoms with Gasteiger partial charge >= 0.3 is 5.97 Å². The number of carbonyl (C=O) groups excluding carboxylic acids is 1. The summed E-state index contributed by atoms with van der Waals surface area (Å²) >= 11 is 0. The predicted octanol–water partition coefficient (Wildman–Crippen LogP) is 0.685. The molecule has 0 spiro atoms. The monoisotopic (exact) mass is 271 g/mol. The molecule has 0 radical (unpaired) electrons. The summed E-state index contributed by atoms with van der Waals surface area (Å²) in [6.07, 6.45) is 2.84. The van der Waals surface area contributed by atoms with Gasteiger partial charge in [-0.2, -0.15) is 0 Å². The van der Waals surface area contributed by atoms with Crippen LogP contribution in [0.15, 0.2) is 0 Å². The number of nitrogens with two attached hydrogens (primary N) is 1. The zero-order valence-electron chi connectivity index (χ0n) is 12.7. The van der Waals surface area contributed by atoms with Gasteiger partial charge in [0.2, 0.25) is 0 Å². The molecule has 1 saturated heterocycles. The molecule has 1 aliphatic rings. The first-order valence-electron chi connectivity index (χ1n) is 7.31. The zero-order valence-corrected chi connectivity index (χ0v) is 12.7. The molecule has 0 aromatic carbocycles. The van der Waals surface area contributed by atoms with Crippen LogP contribution in [-0.4, -0.2) is 67.7 Å². The third kappa shape index (κ3) is 5.47. The second-order valence-corrected chi connectivity index (χ2v) is 5.70. The van der Waals surface area contributed by atoms with Crippen molar-refractivity contribution in [2.75, 3.05) is 46.4 Å². The average molecular weight is 271 g/mol. The van der Waals surface area contributed by atoms with Crippen molar-refractivity contribution in [2.45, 2.75) is 38.6 Å². The van der Waals surface area contributed by atoms with Gasteiger partial charge in [0.25, 0.3) is 0 Å². The fourth-order valence-corrected chi connectivity index (χ4v) is 2.56. The summed E-state index contributed by atoms with van der Waals surface area (Å²) in [5.74, 6) is -0.319. The summed E-state index contributed by atoms with van der Waals surface area (Å²) in [5, 5.41) is 0. The fraction of sp³-hybridized carbons (Fsp3) is 0.929. The number of rotatable bonds is 7. The maximum absolute atomic E-state index is 11.5. The summed E-state index contributed by atoms with van der Waals surface area (Å²) in [4.78, 5) is 16.4. The van der Waals surface area contributed by atoms with Gasteiger partial charge < -0.3 is 20.3 Å². The van der Waals surface area contributed by atoms with Crippen molar-refractivity contribution in [1.82, 2.24) is 9.80 Å². The number of nitrogens with zero attached hydrogens (tertiary/aromatic N) is 2. The van der Waals surface area contributed by atoms with Crippen LogP contribution in [0.4, 0.5) is 0 Å². The first kappa shape index (κ1) is 16.4. The van der Waals surface area contributed by atoms with E-state index in [0.29, 0.717) is 6.42 Å². The van der Waals surface area contributed by atoms with Crippen molar-refractivity contribution in [1.29, 1.82) is 0 Å². The lowest BCUT2D eigenvalue weighted by molar-refractivity contribution is -0.146. The lowest BCUT2D eigenvalue weighted by Gasteiger charge is -2.35. The molecule has 0 aromatic rings. The number of methoxy groups -OCH3 is 1. The van der Waals surface area contributed by atoms with Gasteiger partial charge in [-0.1, -0.05) is 6.92 Å². The van der Waals surface area contributed by atoms with Crippen LogP contribution in [0.1, 0.15) is 33.1 Å². The maximum Gasteiger partial charge on any atom is 0.325 e. The molecule has 2 N–H and O–H groups in total. The van der Waals surface area contributed by atoms with E-state index in [1.165, 1.54) is 20.1 Å². The Balaban J connectivity index is 2.19. The summed E-state index contributed by atoms with van der Waals surface area (Å²) in [6.45, 7) is 10.8. The summed E-state index contributed by atoms with van der Waals surface area (Å²) < 4.78 is 4.71. The number of esters is 1. The van der Waals surface area contributed by atoms with Crippen LogP contribution in [0.5, 0.6) is 0 Å². The van der Waals surface area contributed by atoms with E-state index < -0.39 is 5.54 Å². The Morgan fingerprint density at radius 2 is 1.74 bits per heavy atom. The largest absolute Gasteiger partial charge is 0.468 e. The molecular formula is C14H29N3O2. The van der Waals surface area contributed by atoms with Crippen LogP contribution in [0.25, 0.3) is 0 Å². The summed E-state index contributed by atoms with van der Waals surface area (Å²) in [5.41, 5.74) is 5.10. The van der Waals surface area contributed by atoms with Crippen LogP contribution in [0.3, 0.4) is 0 Å². The van der Waals surface area contributed by atoms with Gasteiger partial charge in [-0.3, -0.25) is 4.79 Å². The Morgan fingerprint density at radius 1 is 1.21 bits per heavy atom. The molecule has 1 rings (SSSR count). The van der Waals surface area contributed by atoms with Gasteiger partial charge in [-0.25, -0.2) is 0 Å². The highest BCUT2D eigenvalue weighted by atomic mass is 16.5. The highest BCUT2D eigenvalue weighted by Gasteiger charge is 2.29. The minimum Gasteiger partial charge on any atom is -0.468 e. The van der Waals surface area contributed by atoms with Crippen molar-refractivity contribution in [3.05, 3.63) is 0 Å². The number of carbonyl (C=O) groups is 1. The smallest absolute Gasteiger partial charge is 0.325 e. The number of piperazine rings is 1. The van der Waals surface area contributed by atoms with E-state index in [-0.39, 0.29) is 5.97 Å². The molecule has 0 saturated carbocycles. The van der Waals surface area contributed by atoms with Crippen LogP contribution in [0.2, 0.25) is 0 Å². The molecule has 1 aliphatic heterocycles. The minimum atomic E-state index is -0.848. The van der Waals surface area contributed by atoms with Gasteiger partial charge in [-0.05, 0) is 39.3 Å². The Morgan fingerprint density at radius 3 is 2.21 bits per heavy atom. The molecular weight excluding hydrogens is 242 g/mol. The SMILES string of the molecule is CCCN1CCN(CCCC(C)(N)C(=O)OC)CC1. The van der Waals surface area contributed by atoms with Crippen LogP contribution >= 0.6 is 0 Å². The van der Waals surface area contributed by atoms with Crippen LogP contribution < -0.4 is 5.73 Å². The van der Waals surface area contributed by atoms with Gasteiger partial charge in [0.1, 0.15) is 5.54 Å². The molecule has 0 aromatic heterocycles. The highest BCUT2D eigenvalue weighted by molar-refractivity contribution is 5.79. The molecule has 1 unspecified atom stereocenters. The Kier molecular flexibility index (Phi) is 6.75. The van der Waals surface area contributed by atoms with Gasteiger partial charge in [0.05, 0.1) is 7.11 Å². The minimum absolute atomic E-state index is 0.319. The highest BCUT2D eigenvalue weighted by Crippen LogP contribution is 2.12. The third-order valence-electron chi connectivity index (χ3n) is 3.83. The van der Waals surface area contributed by atoms with Gasteiger partial charge in [-0.15, -0.1) is 0 Å². The first-order valence-corrected chi connectivity index (χ1v) is 7.31. The normalized spacial score (nSPS) is 21.1. The molecule has 0 bridgehead atoms. The topological polar surface area (TPSA) is 58.8 Å². The molecule has 1 atom stereocenters. The Hall–Kier alpha value is -0.650. The van der Waals surface area contributed by atoms with Gasteiger partial charge in [0, 0.05) is 26.2 Å². The lowest BCUT2D eigenvalue weighted by Crippen LogP contribution is -2.48. The van der Waals surface area contributed by atoms with E-state index in [0.717, 1.165) is 39.1 Å². The van der Waals surface area contributed by atoms with E-state index in [1.54, 1.807) is 6.92 Å². The molecule has 5 nitrogen and oxygen atoms in total. The first-order chi connectivity index (χ1) is 8.99. The average Bonchev–Trinajstić information content (AvgIpc) is 2.40. The summed E-state index contributed by atoms with van der Waals surface area (Å²) in [7, 11) is 1.39. The number of ether oxygens (including phenoxy) is 1. The molecule has 0 amide bonds. The Bertz CT molecular complexity index is 274. The Labute approximate surface area is 117 Å². The van der Waals surface area contributed by atoms with E-state index >= 15 is 0 Å². The maximum atomic E-state index is 11.5. The second kappa shape index (κ2) is 7.82. The molecule has 0 aliphatic carbocycles. The van der Waals surface area contributed by atoms with Crippen molar-refractivity contribution in [3.63, 3.8) is 0 Å². The number of hydrogen-bond donors (Lipinski definition) is 1. The molecule has 1 fully saturated rings. The number of hydrogen-bond acceptors (Lipinski definition) is 5. The zero-order chi connectivity index (χ0) is 14.3. The van der Waals surface area contributed by atoms with Crippen molar-refractivity contribution in [3.8, 4) is 0 Å². The molecule has 112 valence electrons. The second-order valence-electron chi connectivity index (χ2n) is 5.70. The molecule has 19 heavy (non-hydrogen) atoms. The van der Waals surface area contributed by atoms with E-state index in [4.69, 9.17) is 10.5 Å². The van der Waals surface area contributed by atoms with Crippen molar-refractivity contribution in [2.24, 2.45) is 5.73 Å². The molecule has 5 heteroatoms. The van der Waals surface area contributed by atoms with Crippen molar-refractivity contribution < 1.29 is 9.53 Å². The lowest BCUT2D eigenvalue weighted by atomic mass is 9.97. The van der Waals surface area contributed by atoms with Crippen LogP contribution in [-0.2, 0) is 9.53 Å². The fourth-order valence-electron chi connectivity index (χ4n) is 2.56. The van der Waals surface area contributed by atoms with Crippen molar-refractivity contribution >= 4 is 5.97 Å². The van der Waals surface area contributed by atoms with E-state index in [2.05, 4.69) is 16.7 Å². The third-order valence-corrected chi connectivity index (χ3v) is 3.83. The van der Waals surface area contributed by atoms with E-state index in [1.807, 2.05) is 0 Å².